The molecule has 0 aliphatic rings. The van der Waals surface area contributed by atoms with Crippen molar-refractivity contribution in [2.45, 2.75) is 32.7 Å². The molecule has 2 N–H and O–H groups in total. The van der Waals surface area contributed by atoms with Crippen LogP contribution in [0.5, 0.6) is 0 Å². The molecule has 1 aromatic rings. The highest BCUT2D eigenvalue weighted by Crippen LogP contribution is 2.32. The van der Waals surface area contributed by atoms with Crippen molar-refractivity contribution in [3.8, 4) is 0 Å². The fourth-order valence-electron chi connectivity index (χ4n) is 1.54. The number of hydrogen-bond acceptors (Lipinski definition) is 2. The van der Waals surface area contributed by atoms with Crippen LogP contribution < -0.4 is 5.73 Å². The maximum atomic E-state index is 6.16. The first kappa shape index (κ1) is 11.2. The minimum Gasteiger partial charge on any atom is -0.323 e. The second kappa shape index (κ2) is 5.13. The summed E-state index contributed by atoms with van der Waals surface area (Å²) >= 11 is 5.20. The monoisotopic (exact) mass is 261 g/mol. The van der Waals surface area contributed by atoms with Crippen LogP contribution in [0.2, 0.25) is 0 Å². The molecular formula is C10H16BrNS. The van der Waals surface area contributed by atoms with Crippen LogP contribution in [-0.4, -0.2) is 0 Å². The molecule has 0 saturated carbocycles. The van der Waals surface area contributed by atoms with E-state index in [1.54, 1.807) is 11.3 Å². The molecule has 0 aliphatic carbocycles. The van der Waals surface area contributed by atoms with E-state index >= 15 is 0 Å². The first-order valence-corrected chi connectivity index (χ1v) is 6.30. The molecule has 13 heavy (non-hydrogen) atoms. The SMILES string of the molecule is CCC(CC)C(N)c1ccc(Br)s1. The Morgan fingerprint density at radius 2 is 2.00 bits per heavy atom. The van der Waals surface area contributed by atoms with E-state index in [2.05, 4.69) is 41.9 Å². The van der Waals surface area contributed by atoms with Crippen LogP contribution in [0.3, 0.4) is 0 Å². The van der Waals surface area contributed by atoms with E-state index in [4.69, 9.17) is 5.73 Å². The lowest BCUT2D eigenvalue weighted by molar-refractivity contribution is 0.410. The van der Waals surface area contributed by atoms with Gasteiger partial charge in [0.25, 0.3) is 0 Å². The number of thiophene rings is 1. The average Bonchev–Trinajstić information content (AvgIpc) is 2.54. The first-order valence-electron chi connectivity index (χ1n) is 4.69. The van der Waals surface area contributed by atoms with Gasteiger partial charge in [-0.25, -0.2) is 0 Å². The smallest absolute Gasteiger partial charge is 0.0701 e. The molecule has 1 aromatic heterocycles. The van der Waals surface area contributed by atoms with E-state index in [1.807, 2.05) is 0 Å². The lowest BCUT2D eigenvalue weighted by Crippen LogP contribution is -2.19. The number of rotatable bonds is 4. The third kappa shape index (κ3) is 2.79. The van der Waals surface area contributed by atoms with E-state index in [1.165, 1.54) is 8.66 Å². The second-order valence-corrected chi connectivity index (χ2v) is 5.74. The number of hydrogen-bond donors (Lipinski definition) is 1. The summed E-state index contributed by atoms with van der Waals surface area (Å²) in [5.74, 6) is 0.616. The highest BCUT2D eigenvalue weighted by atomic mass is 79.9. The Balaban J connectivity index is 2.71. The fourth-order valence-corrected chi connectivity index (χ4v) is 3.06. The van der Waals surface area contributed by atoms with E-state index in [0.29, 0.717) is 5.92 Å². The molecule has 1 nitrogen and oxygen atoms in total. The van der Waals surface area contributed by atoms with Crippen molar-refractivity contribution in [3.05, 3.63) is 20.8 Å². The highest BCUT2D eigenvalue weighted by Gasteiger charge is 2.17. The third-order valence-electron chi connectivity index (χ3n) is 2.48. The van der Waals surface area contributed by atoms with Crippen molar-refractivity contribution in [3.63, 3.8) is 0 Å². The quantitative estimate of drug-likeness (QED) is 0.873. The molecule has 0 fully saturated rings. The van der Waals surface area contributed by atoms with Gasteiger partial charge in [-0.3, -0.25) is 0 Å². The van der Waals surface area contributed by atoms with Gasteiger partial charge in [-0.1, -0.05) is 26.7 Å². The van der Waals surface area contributed by atoms with Gasteiger partial charge >= 0.3 is 0 Å². The number of halogens is 1. The molecule has 0 aliphatic heterocycles. The zero-order valence-corrected chi connectivity index (χ0v) is 10.5. The van der Waals surface area contributed by atoms with Crippen LogP contribution in [0, 0.1) is 5.92 Å². The summed E-state index contributed by atoms with van der Waals surface area (Å²) in [5, 5.41) is 0. The van der Waals surface area contributed by atoms with E-state index < -0.39 is 0 Å². The van der Waals surface area contributed by atoms with Gasteiger partial charge in [0.1, 0.15) is 0 Å². The zero-order chi connectivity index (χ0) is 9.84. The highest BCUT2D eigenvalue weighted by molar-refractivity contribution is 9.11. The average molecular weight is 262 g/mol. The van der Waals surface area contributed by atoms with Crippen molar-refractivity contribution in [1.82, 2.24) is 0 Å². The summed E-state index contributed by atoms with van der Waals surface area (Å²) in [6.07, 6.45) is 2.32. The van der Waals surface area contributed by atoms with E-state index in [9.17, 15) is 0 Å². The van der Waals surface area contributed by atoms with Gasteiger partial charge in [-0.05, 0) is 34.0 Å². The molecule has 0 saturated heterocycles. The molecule has 0 amide bonds. The minimum atomic E-state index is 0.214. The minimum absolute atomic E-state index is 0.214. The third-order valence-corrected chi connectivity index (χ3v) is 4.20. The van der Waals surface area contributed by atoms with Crippen molar-refractivity contribution in [2.24, 2.45) is 11.7 Å². The maximum Gasteiger partial charge on any atom is 0.0701 e. The topological polar surface area (TPSA) is 26.0 Å². The van der Waals surface area contributed by atoms with Gasteiger partial charge in [0.15, 0.2) is 0 Å². The molecule has 1 unspecified atom stereocenters. The molecule has 74 valence electrons. The van der Waals surface area contributed by atoms with Gasteiger partial charge in [0, 0.05) is 10.9 Å². The van der Waals surface area contributed by atoms with Gasteiger partial charge in [0.2, 0.25) is 0 Å². The van der Waals surface area contributed by atoms with E-state index in [-0.39, 0.29) is 6.04 Å². The van der Waals surface area contributed by atoms with Gasteiger partial charge < -0.3 is 5.73 Å². The summed E-state index contributed by atoms with van der Waals surface area (Å²) in [4.78, 5) is 1.29. The second-order valence-electron chi connectivity index (χ2n) is 3.24. The summed E-state index contributed by atoms with van der Waals surface area (Å²) < 4.78 is 1.17. The summed E-state index contributed by atoms with van der Waals surface area (Å²) in [7, 11) is 0. The predicted molar refractivity (Wildman–Crippen MR) is 63.0 cm³/mol. The molecule has 0 aromatic carbocycles. The predicted octanol–water partition coefficient (Wildman–Crippen LogP) is 3.95. The zero-order valence-electron chi connectivity index (χ0n) is 8.09. The molecular weight excluding hydrogens is 246 g/mol. The largest absolute Gasteiger partial charge is 0.323 e. The van der Waals surface area contributed by atoms with Crippen LogP contribution in [0.1, 0.15) is 37.6 Å². The van der Waals surface area contributed by atoms with Crippen molar-refractivity contribution >= 4 is 27.3 Å². The molecule has 0 radical (unpaired) electrons. The molecule has 0 bridgehead atoms. The summed E-state index contributed by atoms with van der Waals surface area (Å²) in [5.41, 5.74) is 6.16. The fraction of sp³-hybridized carbons (Fsp3) is 0.600. The van der Waals surface area contributed by atoms with Gasteiger partial charge in [-0.15, -0.1) is 11.3 Å². The van der Waals surface area contributed by atoms with E-state index in [0.717, 1.165) is 12.8 Å². The first-order chi connectivity index (χ1) is 6.19. The van der Waals surface area contributed by atoms with Crippen LogP contribution in [0.15, 0.2) is 15.9 Å². The summed E-state index contributed by atoms with van der Waals surface area (Å²) in [6, 6.07) is 4.41. The van der Waals surface area contributed by atoms with Crippen molar-refractivity contribution in [1.29, 1.82) is 0 Å². The van der Waals surface area contributed by atoms with Gasteiger partial charge in [0.05, 0.1) is 3.79 Å². The van der Waals surface area contributed by atoms with Crippen LogP contribution >= 0.6 is 27.3 Å². The molecule has 1 heterocycles. The molecule has 1 atom stereocenters. The Labute approximate surface area is 92.5 Å². The van der Waals surface area contributed by atoms with Crippen LogP contribution in [0.4, 0.5) is 0 Å². The normalized spacial score (nSPS) is 13.6. The Morgan fingerprint density at radius 3 is 2.38 bits per heavy atom. The Hall–Kier alpha value is 0.140. The van der Waals surface area contributed by atoms with Crippen LogP contribution in [0.25, 0.3) is 0 Å². The molecule has 0 spiro atoms. The maximum absolute atomic E-state index is 6.16. The van der Waals surface area contributed by atoms with Crippen LogP contribution in [-0.2, 0) is 0 Å². The van der Waals surface area contributed by atoms with Crippen molar-refractivity contribution in [2.75, 3.05) is 0 Å². The Morgan fingerprint density at radius 1 is 1.38 bits per heavy atom. The lowest BCUT2D eigenvalue weighted by Gasteiger charge is -2.19. The summed E-state index contributed by atoms with van der Waals surface area (Å²) in [6.45, 7) is 4.41. The number of nitrogens with two attached hydrogens (primary N) is 1. The standard InChI is InChI=1S/C10H16BrNS/c1-3-7(4-2)10(12)8-5-6-9(11)13-8/h5-7,10H,3-4,12H2,1-2H3. The molecule has 3 heteroatoms. The molecule has 1 rings (SSSR count). The van der Waals surface area contributed by atoms with Gasteiger partial charge in [-0.2, -0.15) is 0 Å². The lowest BCUT2D eigenvalue weighted by atomic mass is 9.94. The Bertz CT molecular complexity index is 255. The van der Waals surface area contributed by atoms with Crippen molar-refractivity contribution < 1.29 is 0 Å². The Kier molecular flexibility index (Phi) is 4.42.